The van der Waals surface area contributed by atoms with E-state index in [0.717, 1.165) is 24.9 Å². The Balaban J connectivity index is 2.04. The lowest BCUT2D eigenvalue weighted by Crippen LogP contribution is -2.13. The summed E-state index contributed by atoms with van der Waals surface area (Å²) < 4.78 is 7.03. The molecule has 1 fully saturated rings. The van der Waals surface area contributed by atoms with Crippen LogP contribution in [-0.2, 0) is 11.3 Å². The van der Waals surface area contributed by atoms with Crippen LogP contribution in [0.15, 0.2) is 12.4 Å². The smallest absolute Gasteiger partial charge is 0.171 e. The van der Waals surface area contributed by atoms with Gasteiger partial charge >= 0.3 is 0 Å². The first-order valence-corrected chi connectivity index (χ1v) is 5.45. The Morgan fingerprint density at radius 2 is 2.60 bits per heavy atom. The van der Waals surface area contributed by atoms with Gasteiger partial charge < -0.3 is 4.74 Å². The lowest BCUT2D eigenvalue weighted by molar-refractivity contribution is 0.0900. The van der Waals surface area contributed by atoms with E-state index in [9.17, 15) is 4.79 Å². The third-order valence-corrected chi connectivity index (χ3v) is 2.67. The fourth-order valence-corrected chi connectivity index (χ4v) is 1.82. The molecule has 0 aromatic carbocycles. The summed E-state index contributed by atoms with van der Waals surface area (Å²) in [6.07, 6.45) is 5.38. The van der Waals surface area contributed by atoms with Gasteiger partial charge in [0.25, 0.3) is 0 Å². The number of ether oxygens (including phenoxy) is 1. The molecule has 1 aliphatic heterocycles. The van der Waals surface area contributed by atoms with Gasteiger partial charge in [0.1, 0.15) is 0 Å². The van der Waals surface area contributed by atoms with Crippen molar-refractivity contribution in [3.05, 3.63) is 18.0 Å². The first-order valence-electron chi connectivity index (χ1n) is 5.45. The number of carbonyl (C=O) groups is 1. The van der Waals surface area contributed by atoms with Crippen molar-refractivity contribution in [3.63, 3.8) is 0 Å². The third kappa shape index (κ3) is 2.26. The van der Waals surface area contributed by atoms with Crippen LogP contribution in [0.3, 0.4) is 0 Å². The molecule has 4 nitrogen and oxygen atoms in total. The van der Waals surface area contributed by atoms with Gasteiger partial charge in [-0.2, -0.15) is 5.10 Å². The lowest BCUT2D eigenvalue weighted by Gasteiger charge is -2.02. The van der Waals surface area contributed by atoms with Gasteiger partial charge in [0.2, 0.25) is 0 Å². The first kappa shape index (κ1) is 10.4. The van der Waals surface area contributed by atoms with Gasteiger partial charge in [-0.05, 0) is 12.8 Å². The molecule has 0 radical (unpaired) electrons. The highest BCUT2D eigenvalue weighted by Gasteiger charge is 2.25. The van der Waals surface area contributed by atoms with E-state index in [0.29, 0.717) is 13.2 Å². The van der Waals surface area contributed by atoms with E-state index < -0.39 is 0 Å². The lowest BCUT2D eigenvalue weighted by atomic mass is 10.00. The Morgan fingerprint density at radius 3 is 3.27 bits per heavy atom. The molecule has 0 saturated carbocycles. The van der Waals surface area contributed by atoms with Crippen LogP contribution in [0.5, 0.6) is 0 Å². The summed E-state index contributed by atoms with van der Waals surface area (Å²) in [5, 5.41) is 4.15. The van der Waals surface area contributed by atoms with Crippen molar-refractivity contribution < 1.29 is 9.53 Å². The van der Waals surface area contributed by atoms with Crippen molar-refractivity contribution in [2.24, 2.45) is 5.92 Å². The molecule has 1 aromatic heterocycles. The van der Waals surface area contributed by atoms with Crippen LogP contribution in [0, 0.1) is 5.92 Å². The number of carbonyl (C=O) groups excluding carboxylic acids is 1. The average Bonchev–Trinajstić information content (AvgIpc) is 2.87. The number of aryl methyl sites for hydroxylation is 1. The Bertz CT molecular complexity index is 340. The highest BCUT2D eigenvalue weighted by Crippen LogP contribution is 2.17. The first-order chi connectivity index (χ1) is 7.31. The zero-order chi connectivity index (χ0) is 10.7. The highest BCUT2D eigenvalue weighted by molar-refractivity contribution is 5.97. The molecule has 1 saturated heterocycles. The molecule has 0 N–H and O–H groups in total. The van der Waals surface area contributed by atoms with Gasteiger partial charge in [-0.3, -0.25) is 9.48 Å². The fourth-order valence-electron chi connectivity index (χ4n) is 1.82. The molecule has 0 aliphatic carbocycles. The third-order valence-electron chi connectivity index (χ3n) is 2.67. The van der Waals surface area contributed by atoms with Crippen LogP contribution >= 0.6 is 0 Å². The number of Topliss-reactive ketones (excluding diaryl/α,β-unsaturated/α-hetero) is 1. The Labute approximate surface area is 89.2 Å². The van der Waals surface area contributed by atoms with E-state index in [-0.39, 0.29) is 11.7 Å². The van der Waals surface area contributed by atoms with E-state index in [2.05, 4.69) is 12.0 Å². The van der Waals surface area contributed by atoms with Crippen LogP contribution in [0.4, 0.5) is 0 Å². The van der Waals surface area contributed by atoms with Gasteiger partial charge in [0.15, 0.2) is 5.78 Å². The Kier molecular flexibility index (Phi) is 3.16. The predicted octanol–water partition coefficient (Wildman–Crippen LogP) is 1.51. The molecular formula is C11H16N2O2. The number of nitrogens with zero attached hydrogens (tertiary/aromatic N) is 2. The largest absolute Gasteiger partial charge is 0.381 e. The molecule has 1 atom stereocenters. The molecule has 2 rings (SSSR count). The van der Waals surface area contributed by atoms with Crippen molar-refractivity contribution in [3.8, 4) is 0 Å². The molecule has 1 aliphatic rings. The molecular weight excluding hydrogens is 192 g/mol. The number of ketones is 1. The highest BCUT2D eigenvalue weighted by atomic mass is 16.5. The van der Waals surface area contributed by atoms with Crippen LogP contribution in [0.1, 0.15) is 30.1 Å². The maximum atomic E-state index is 11.9. The van der Waals surface area contributed by atoms with Crippen molar-refractivity contribution in [2.45, 2.75) is 26.3 Å². The number of rotatable bonds is 4. The Hall–Kier alpha value is -1.16. The van der Waals surface area contributed by atoms with Gasteiger partial charge in [0.05, 0.1) is 18.4 Å². The zero-order valence-electron chi connectivity index (χ0n) is 8.98. The van der Waals surface area contributed by atoms with E-state index in [4.69, 9.17) is 4.74 Å². The van der Waals surface area contributed by atoms with E-state index in [1.807, 2.05) is 10.9 Å². The van der Waals surface area contributed by atoms with Crippen molar-refractivity contribution in [1.82, 2.24) is 9.78 Å². The minimum absolute atomic E-state index is 0.0456. The molecule has 4 heteroatoms. The molecule has 82 valence electrons. The number of hydrogen-bond donors (Lipinski definition) is 0. The summed E-state index contributed by atoms with van der Waals surface area (Å²) in [5.41, 5.74) is 0.721. The molecule has 15 heavy (non-hydrogen) atoms. The van der Waals surface area contributed by atoms with Gasteiger partial charge in [-0.25, -0.2) is 0 Å². The van der Waals surface area contributed by atoms with Crippen molar-refractivity contribution in [1.29, 1.82) is 0 Å². The van der Waals surface area contributed by atoms with E-state index in [1.165, 1.54) is 0 Å². The van der Waals surface area contributed by atoms with Crippen LogP contribution in [0.25, 0.3) is 0 Å². The van der Waals surface area contributed by atoms with Crippen molar-refractivity contribution >= 4 is 5.78 Å². The maximum Gasteiger partial charge on any atom is 0.171 e. The summed E-state index contributed by atoms with van der Waals surface area (Å²) in [6.45, 7) is 4.24. The van der Waals surface area contributed by atoms with Crippen molar-refractivity contribution in [2.75, 3.05) is 13.2 Å². The zero-order valence-corrected chi connectivity index (χ0v) is 8.98. The van der Waals surface area contributed by atoms with Crippen LogP contribution in [0.2, 0.25) is 0 Å². The molecule has 0 amide bonds. The van der Waals surface area contributed by atoms with E-state index in [1.54, 1.807) is 6.20 Å². The normalized spacial score (nSPS) is 20.7. The molecule has 1 unspecified atom stereocenters. The topological polar surface area (TPSA) is 44.1 Å². The Morgan fingerprint density at radius 1 is 1.73 bits per heavy atom. The summed E-state index contributed by atoms with van der Waals surface area (Å²) in [5.74, 6) is 0.221. The number of aromatic nitrogens is 2. The van der Waals surface area contributed by atoms with Gasteiger partial charge in [-0.1, -0.05) is 6.92 Å². The van der Waals surface area contributed by atoms with Gasteiger partial charge in [0, 0.05) is 25.3 Å². The summed E-state index contributed by atoms with van der Waals surface area (Å²) in [7, 11) is 0. The monoisotopic (exact) mass is 208 g/mol. The summed E-state index contributed by atoms with van der Waals surface area (Å²) in [4.78, 5) is 11.9. The molecule has 1 aromatic rings. The minimum Gasteiger partial charge on any atom is -0.381 e. The fraction of sp³-hybridized carbons (Fsp3) is 0.636. The predicted molar refractivity (Wildman–Crippen MR) is 55.8 cm³/mol. The van der Waals surface area contributed by atoms with Crippen LogP contribution in [-0.4, -0.2) is 28.8 Å². The van der Waals surface area contributed by atoms with E-state index >= 15 is 0 Å². The standard InChI is InChI=1S/C11H16N2O2/c1-2-4-13-7-10(6-12-13)11(14)9-3-5-15-8-9/h6-7,9H,2-5,8H2,1H3. The molecule has 0 spiro atoms. The minimum atomic E-state index is 0.0456. The maximum absolute atomic E-state index is 11.9. The molecule has 0 bridgehead atoms. The van der Waals surface area contributed by atoms with Gasteiger partial charge in [-0.15, -0.1) is 0 Å². The SMILES string of the molecule is CCCn1cc(C(=O)C2CCOC2)cn1. The summed E-state index contributed by atoms with van der Waals surface area (Å²) in [6, 6.07) is 0. The molecule has 2 heterocycles. The second kappa shape index (κ2) is 4.57. The van der Waals surface area contributed by atoms with Crippen LogP contribution < -0.4 is 0 Å². The summed E-state index contributed by atoms with van der Waals surface area (Å²) >= 11 is 0. The average molecular weight is 208 g/mol. The second-order valence-electron chi connectivity index (χ2n) is 3.92. The second-order valence-corrected chi connectivity index (χ2v) is 3.92. The number of hydrogen-bond acceptors (Lipinski definition) is 3. The quantitative estimate of drug-likeness (QED) is 0.704.